The maximum Gasteiger partial charge on any atom is 0.305 e. The van der Waals surface area contributed by atoms with E-state index in [0.717, 1.165) is 12.8 Å². The van der Waals surface area contributed by atoms with Gasteiger partial charge in [-0.1, -0.05) is 12.8 Å². The van der Waals surface area contributed by atoms with Crippen LogP contribution in [-0.4, -0.2) is 27.5 Å². The lowest BCUT2D eigenvalue weighted by molar-refractivity contribution is -0.138. The third-order valence-corrected chi connectivity index (χ3v) is 4.62. The zero-order chi connectivity index (χ0) is 14.8. The fourth-order valence-corrected chi connectivity index (χ4v) is 3.35. The summed E-state index contributed by atoms with van der Waals surface area (Å²) in [5.41, 5.74) is 5.42. The molecular formula is C13H19N3O3S. The van der Waals surface area contributed by atoms with Gasteiger partial charge in [-0.2, -0.15) is 0 Å². The van der Waals surface area contributed by atoms with Crippen LogP contribution in [0.25, 0.3) is 0 Å². The first-order chi connectivity index (χ1) is 9.42. The first-order valence-electron chi connectivity index (χ1n) is 6.67. The van der Waals surface area contributed by atoms with Gasteiger partial charge < -0.3 is 16.2 Å². The number of hydrogen-bond acceptors (Lipinski definition) is 5. The van der Waals surface area contributed by atoms with Gasteiger partial charge in [0, 0.05) is 5.38 Å². The number of aromatic nitrogens is 1. The highest BCUT2D eigenvalue weighted by Gasteiger charge is 2.38. The average Bonchev–Trinajstić information content (AvgIpc) is 2.96. The number of rotatable bonds is 5. The molecule has 6 nitrogen and oxygen atoms in total. The second kappa shape index (κ2) is 5.88. The summed E-state index contributed by atoms with van der Waals surface area (Å²) in [6.07, 6.45) is 3.25. The predicted octanol–water partition coefficient (Wildman–Crippen LogP) is 1.68. The van der Waals surface area contributed by atoms with Gasteiger partial charge in [0.15, 0.2) is 0 Å². The van der Waals surface area contributed by atoms with Crippen LogP contribution < -0.4 is 11.1 Å². The maximum atomic E-state index is 12.2. The van der Waals surface area contributed by atoms with Gasteiger partial charge in [0.05, 0.1) is 18.0 Å². The Labute approximate surface area is 121 Å². The summed E-state index contributed by atoms with van der Waals surface area (Å²) >= 11 is 1.34. The summed E-state index contributed by atoms with van der Waals surface area (Å²) < 4.78 is 0. The van der Waals surface area contributed by atoms with Crippen LogP contribution in [0, 0.1) is 0 Å². The Morgan fingerprint density at radius 1 is 1.55 bits per heavy atom. The molecule has 0 aliphatic heterocycles. The van der Waals surface area contributed by atoms with E-state index >= 15 is 0 Å². The molecule has 1 saturated carbocycles. The first-order valence-corrected chi connectivity index (χ1v) is 7.55. The monoisotopic (exact) mass is 297 g/mol. The van der Waals surface area contributed by atoms with Gasteiger partial charge in [0.2, 0.25) is 0 Å². The molecule has 0 radical (unpaired) electrons. The Hall–Kier alpha value is -1.47. The van der Waals surface area contributed by atoms with Crippen LogP contribution in [0.4, 0.5) is 0 Å². The second-order valence-electron chi connectivity index (χ2n) is 5.37. The molecule has 1 aliphatic carbocycles. The molecule has 1 aliphatic rings. The van der Waals surface area contributed by atoms with Crippen LogP contribution in [0.3, 0.4) is 0 Å². The van der Waals surface area contributed by atoms with Crippen LogP contribution in [0.5, 0.6) is 0 Å². The summed E-state index contributed by atoms with van der Waals surface area (Å²) in [4.78, 5) is 27.4. The van der Waals surface area contributed by atoms with Crippen LogP contribution in [0.1, 0.15) is 60.6 Å². The molecule has 110 valence electrons. The third-order valence-electron chi connectivity index (χ3n) is 3.57. The highest BCUT2D eigenvalue weighted by atomic mass is 32.1. The molecule has 7 heteroatoms. The number of carboxylic acid groups (broad SMARTS) is 1. The van der Waals surface area contributed by atoms with Crippen molar-refractivity contribution in [2.45, 2.75) is 50.6 Å². The number of nitrogens with zero attached hydrogens (tertiary/aromatic N) is 1. The lowest BCUT2D eigenvalue weighted by atomic mass is 9.93. The molecular weight excluding hydrogens is 278 g/mol. The van der Waals surface area contributed by atoms with Gasteiger partial charge in [-0.15, -0.1) is 11.3 Å². The summed E-state index contributed by atoms with van der Waals surface area (Å²) in [6.45, 7) is 1.81. The molecule has 1 aromatic rings. The van der Waals surface area contributed by atoms with Gasteiger partial charge >= 0.3 is 5.97 Å². The zero-order valence-corrected chi connectivity index (χ0v) is 12.2. The molecule has 0 bridgehead atoms. The van der Waals surface area contributed by atoms with E-state index in [1.807, 2.05) is 6.92 Å². The number of nitrogens with one attached hydrogen (secondary N) is 1. The largest absolute Gasteiger partial charge is 0.481 e. The number of amides is 1. The van der Waals surface area contributed by atoms with Crippen LogP contribution in [0.15, 0.2) is 5.38 Å². The Kier molecular flexibility index (Phi) is 4.39. The minimum absolute atomic E-state index is 0.0387. The molecule has 1 aromatic heterocycles. The first kappa shape index (κ1) is 14.9. The fraction of sp³-hybridized carbons (Fsp3) is 0.615. The maximum absolute atomic E-state index is 12.2. The number of carbonyl (C=O) groups is 2. The number of carbonyl (C=O) groups excluding carboxylic acids is 1. The molecule has 4 N–H and O–H groups in total. The minimum Gasteiger partial charge on any atom is -0.481 e. The molecule has 0 aromatic carbocycles. The topological polar surface area (TPSA) is 105 Å². The molecule has 1 unspecified atom stereocenters. The predicted molar refractivity (Wildman–Crippen MR) is 75.6 cm³/mol. The van der Waals surface area contributed by atoms with Crippen LogP contribution >= 0.6 is 11.3 Å². The molecule has 0 saturated heterocycles. The summed E-state index contributed by atoms with van der Waals surface area (Å²) in [7, 11) is 0. The minimum atomic E-state index is -0.887. The van der Waals surface area contributed by atoms with E-state index in [-0.39, 0.29) is 18.4 Å². The molecule has 0 spiro atoms. The summed E-state index contributed by atoms with van der Waals surface area (Å²) in [5.74, 6) is -1.20. The molecule has 1 fully saturated rings. The van der Waals surface area contributed by atoms with Crippen molar-refractivity contribution in [3.05, 3.63) is 16.1 Å². The lowest BCUT2D eigenvalue weighted by Crippen LogP contribution is -2.47. The summed E-state index contributed by atoms with van der Waals surface area (Å²) in [5, 5.41) is 14.3. The van der Waals surface area contributed by atoms with Gasteiger partial charge in [-0.05, 0) is 19.8 Å². The average molecular weight is 297 g/mol. The molecule has 2 rings (SSSR count). The number of aliphatic carboxylic acids is 1. The van der Waals surface area contributed by atoms with Crippen LogP contribution in [-0.2, 0) is 4.79 Å². The van der Waals surface area contributed by atoms with Crippen molar-refractivity contribution in [2.24, 2.45) is 5.73 Å². The van der Waals surface area contributed by atoms with Crippen molar-refractivity contribution in [3.63, 3.8) is 0 Å². The summed E-state index contributed by atoms with van der Waals surface area (Å²) in [6, 6.07) is -0.207. The van der Waals surface area contributed by atoms with Gasteiger partial charge in [0.1, 0.15) is 10.7 Å². The number of thiazole rings is 1. The van der Waals surface area contributed by atoms with Crippen LogP contribution in [0.2, 0.25) is 0 Å². The molecule has 1 amide bonds. The zero-order valence-electron chi connectivity index (χ0n) is 11.4. The lowest BCUT2D eigenvalue weighted by Gasteiger charge is -2.28. The Morgan fingerprint density at radius 2 is 2.20 bits per heavy atom. The van der Waals surface area contributed by atoms with Gasteiger partial charge in [0.25, 0.3) is 5.91 Å². The van der Waals surface area contributed by atoms with Gasteiger partial charge in [-0.3, -0.25) is 9.59 Å². The van der Waals surface area contributed by atoms with Crippen molar-refractivity contribution >= 4 is 23.2 Å². The van der Waals surface area contributed by atoms with E-state index in [0.29, 0.717) is 23.5 Å². The Bertz CT molecular complexity index is 507. The van der Waals surface area contributed by atoms with E-state index in [2.05, 4.69) is 10.3 Å². The van der Waals surface area contributed by atoms with Gasteiger partial charge in [-0.25, -0.2) is 4.98 Å². The fourth-order valence-electron chi connectivity index (χ4n) is 2.59. The smallest absolute Gasteiger partial charge is 0.305 e. The van der Waals surface area contributed by atoms with E-state index in [1.54, 1.807) is 5.38 Å². The third kappa shape index (κ3) is 3.34. The second-order valence-corrected chi connectivity index (χ2v) is 6.26. The number of carboxylic acids is 1. The standard InChI is InChI=1S/C13H19N3O3S/c1-8(14)12-15-9(7-20-12)11(19)16-13(6-10(17)18)4-2-3-5-13/h7-8H,2-6,14H2,1H3,(H,16,19)(H,17,18). The van der Waals surface area contributed by atoms with E-state index in [1.165, 1.54) is 11.3 Å². The van der Waals surface area contributed by atoms with Crippen molar-refractivity contribution in [1.29, 1.82) is 0 Å². The molecule has 20 heavy (non-hydrogen) atoms. The van der Waals surface area contributed by atoms with Crippen molar-refractivity contribution in [2.75, 3.05) is 0 Å². The Morgan fingerprint density at radius 3 is 2.70 bits per heavy atom. The quantitative estimate of drug-likeness (QED) is 0.767. The molecule has 1 heterocycles. The highest BCUT2D eigenvalue weighted by Crippen LogP contribution is 2.33. The van der Waals surface area contributed by atoms with E-state index in [4.69, 9.17) is 10.8 Å². The SMILES string of the molecule is CC(N)c1nc(C(=O)NC2(CC(=O)O)CCCC2)cs1. The number of nitrogens with two attached hydrogens (primary N) is 1. The Balaban J connectivity index is 2.09. The highest BCUT2D eigenvalue weighted by molar-refractivity contribution is 7.09. The molecule has 1 atom stereocenters. The van der Waals surface area contributed by atoms with Crippen molar-refractivity contribution in [1.82, 2.24) is 10.3 Å². The van der Waals surface area contributed by atoms with E-state index < -0.39 is 11.5 Å². The normalized spacial score (nSPS) is 18.7. The number of hydrogen-bond donors (Lipinski definition) is 3. The van der Waals surface area contributed by atoms with E-state index in [9.17, 15) is 9.59 Å². The van der Waals surface area contributed by atoms with Crippen molar-refractivity contribution in [3.8, 4) is 0 Å². The van der Waals surface area contributed by atoms with Crippen molar-refractivity contribution < 1.29 is 14.7 Å².